The summed E-state index contributed by atoms with van der Waals surface area (Å²) in [7, 11) is -3.86. The van der Waals surface area contributed by atoms with Crippen LogP contribution in [0.15, 0.2) is 50.6 Å². The third-order valence-electron chi connectivity index (χ3n) is 4.69. The molecule has 1 aromatic carbocycles. The van der Waals surface area contributed by atoms with Gasteiger partial charge in [-0.05, 0) is 52.0 Å². The zero-order valence-electron chi connectivity index (χ0n) is 17.0. The van der Waals surface area contributed by atoms with Gasteiger partial charge in [0.25, 0.3) is 10.0 Å². The summed E-state index contributed by atoms with van der Waals surface area (Å²) in [4.78, 5) is 23.9. The van der Waals surface area contributed by atoms with Crippen molar-refractivity contribution in [1.29, 1.82) is 0 Å². The van der Waals surface area contributed by atoms with Crippen molar-refractivity contribution in [2.24, 2.45) is 0 Å². The fraction of sp³-hybridized carbons (Fsp3) is 0.250. The number of benzene rings is 1. The second-order valence-corrected chi connectivity index (χ2v) is 8.64. The van der Waals surface area contributed by atoms with Crippen molar-refractivity contribution in [2.75, 3.05) is 10.0 Å². The van der Waals surface area contributed by atoms with Gasteiger partial charge >= 0.3 is 0 Å². The lowest BCUT2D eigenvalue weighted by atomic mass is 10.2. The standard InChI is InChI=1S/C20H22N4O5S/c1-12-9-17(25)10-13(2)24(12)11-19(26)21-16-5-7-18(8-6-16)30(27,28)23-20-14(3)15(4)22-29-20/h5-10,23H,11H2,1-4H3,(H,21,26). The zero-order chi connectivity index (χ0) is 22.1. The Bertz CT molecular complexity index is 1230. The van der Waals surface area contributed by atoms with E-state index in [1.54, 1.807) is 32.3 Å². The maximum Gasteiger partial charge on any atom is 0.264 e. The number of carbonyl (C=O) groups excluding carboxylic acids is 1. The van der Waals surface area contributed by atoms with Crippen LogP contribution in [0.3, 0.4) is 0 Å². The first kappa shape index (κ1) is 21.3. The van der Waals surface area contributed by atoms with Gasteiger partial charge < -0.3 is 14.4 Å². The minimum Gasteiger partial charge on any atom is -0.340 e. The molecule has 0 unspecified atom stereocenters. The average molecular weight is 430 g/mol. The monoisotopic (exact) mass is 430 g/mol. The van der Waals surface area contributed by atoms with Crippen molar-refractivity contribution < 1.29 is 17.7 Å². The van der Waals surface area contributed by atoms with E-state index in [0.717, 1.165) is 0 Å². The molecule has 158 valence electrons. The molecule has 2 N–H and O–H groups in total. The fourth-order valence-corrected chi connectivity index (χ4v) is 3.94. The van der Waals surface area contributed by atoms with Crippen LogP contribution in [0.4, 0.5) is 11.6 Å². The van der Waals surface area contributed by atoms with Gasteiger partial charge in [-0.25, -0.2) is 13.1 Å². The lowest BCUT2D eigenvalue weighted by Gasteiger charge is -2.14. The first-order valence-electron chi connectivity index (χ1n) is 9.10. The predicted octanol–water partition coefficient (Wildman–Crippen LogP) is 2.51. The number of anilines is 2. The maximum absolute atomic E-state index is 12.5. The topological polar surface area (TPSA) is 123 Å². The van der Waals surface area contributed by atoms with Crippen LogP contribution < -0.4 is 15.5 Å². The number of aryl methyl sites for hydroxylation is 3. The minimum absolute atomic E-state index is 0.0149. The summed E-state index contributed by atoms with van der Waals surface area (Å²) in [6.45, 7) is 6.96. The molecular weight excluding hydrogens is 408 g/mol. The molecule has 0 fully saturated rings. The van der Waals surface area contributed by atoms with Gasteiger partial charge in [-0.2, -0.15) is 0 Å². The molecule has 0 bridgehead atoms. The number of hydrogen-bond donors (Lipinski definition) is 2. The van der Waals surface area contributed by atoms with Gasteiger partial charge in [0.15, 0.2) is 5.43 Å². The van der Waals surface area contributed by atoms with E-state index in [4.69, 9.17) is 4.52 Å². The Kier molecular flexibility index (Phi) is 5.79. The van der Waals surface area contributed by atoms with E-state index in [2.05, 4.69) is 15.2 Å². The molecule has 0 aliphatic rings. The second kappa shape index (κ2) is 8.15. The van der Waals surface area contributed by atoms with Crippen LogP contribution in [0, 0.1) is 27.7 Å². The van der Waals surface area contributed by atoms with Crippen LogP contribution >= 0.6 is 0 Å². The Balaban J connectivity index is 1.70. The average Bonchev–Trinajstić information content (AvgIpc) is 2.97. The molecule has 10 heteroatoms. The van der Waals surface area contributed by atoms with Gasteiger partial charge in [-0.1, -0.05) is 5.16 Å². The predicted molar refractivity (Wildman–Crippen MR) is 112 cm³/mol. The highest BCUT2D eigenvalue weighted by molar-refractivity contribution is 7.92. The molecule has 3 aromatic rings. The summed E-state index contributed by atoms with van der Waals surface area (Å²) >= 11 is 0. The van der Waals surface area contributed by atoms with Crippen molar-refractivity contribution in [3.05, 3.63) is 69.3 Å². The van der Waals surface area contributed by atoms with Crippen molar-refractivity contribution >= 4 is 27.5 Å². The number of rotatable bonds is 6. The lowest BCUT2D eigenvalue weighted by Crippen LogP contribution is -2.23. The molecule has 0 aliphatic heterocycles. The molecule has 30 heavy (non-hydrogen) atoms. The number of nitrogens with one attached hydrogen (secondary N) is 2. The molecule has 2 heterocycles. The van der Waals surface area contributed by atoms with Crippen LogP contribution in [0.5, 0.6) is 0 Å². The molecular formula is C20H22N4O5S. The van der Waals surface area contributed by atoms with Gasteiger partial charge in [0.2, 0.25) is 11.8 Å². The third-order valence-corrected chi connectivity index (χ3v) is 6.04. The van der Waals surface area contributed by atoms with Gasteiger partial charge in [-0.3, -0.25) is 9.59 Å². The van der Waals surface area contributed by atoms with Crippen LogP contribution in [0.1, 0.15) is 22.6 Å². The molecule has 0 radical (unpaired) electrons. The van der Waals surface area contributed by atoms with Crippen LogP contribution in [0.2, 0.25) is 0 Å². The highest BCUT2D eigenvalue weighted by atomic mass is 32.2. The maximum atomic E-state index is 12.5. The number of amides is 1. The first-order chi connectivity index (χ1) is 14.1. The van der Waals surface area contributed by atoms with Crippen molar-refractivity contribution in [3.63, 3.8) is 0 Å². The Hall–Kier alpha value is -3.40. The SMILES string of the molecule is Cc1noc(NS(=O)(=O)c2ccc(NC(=O)Cn3c(C)cc(=O)cc3C)cc2)c1C. The number of aromatic nitrogens is 2. The molecule has 0 atom stereocenters. The van der Waals surface area contributed by atoms with E-state index >= 15 is 0 Å². The molecule has 0 spiro atoms. The Morgan fingerprint density at radius 1 is 1.07 bits per heavy atom. The van der Waals surface area contributed by atoms with E-state index in [1.165, 1.54) is 36.4 Å². The van der Waals surface area contributed by atoms with Gasteiger partial charge in [0.1, 0.15) is 6.54 Å². The Labute approximate surface area is 173 Å². The van der Waals surface area contributed by atoms with E-state index in [1.807, 2.05) is 0 Å². The van der Waals surface area contributed by atoms with Gasteiger partial charge in [0, 0.05) is 34.8 Å². The summed E-state index contributed by atoms with van der Waals surface area (Å²) in [6.07, 6.45) is 0. The smallest absolute Gasteiger partial charge is 0.264 e. The molecule has 0 saturated carbocycles. The van der Waals surface area contributed by atoms with E-state index in [-0.39, 0.29) is 28.7 Å². The largest absolute Gasteiger partial charge is 0.340 e. The summed E-state index contributed by atoms with van der Waals surface area (Å²) in [5.41, 5.74) is 2.90. The number of carbonyl (C=O) groups is 1. The molecule has 2 aromatic heterocycles. The summed E-state index contributed by atoms with van der Waals surface area (Å²) in [5.74, 6) is -0.233. The Morgan fingerprint density at radius 2 is 1.67 bits per heavy atom. The number of sulfonamides is 1. The van der Waals surface area contributed by atoms with Crippen molar-refractivity contribution in [1.82, 2.24) is 9.72 Å². The summed E-state index contributed by atoms with van der Waals surface area (Å²) in [5, 5.41) is 6.44. The van der Waals surface area contributed by atoms with Crippen molar-refractivity contribution in [2.45, 2.75) is 39.1 Å². The number of pyridine rings is 1. The normalized spacial score (nSPS) is 11.3. The second-order valence-electron chi connectivity index (χ2n) is 6.96. The van der Waals surface area contributed by atoms with Crippen LogP contribution in [-0.2, 0) is 21.4 Å². The molecule has 3 rings (SSSR count). The molecule has 0 saturated heterocycles. The summed E-state index contributed by atoms with van der Waals surface area (Å²) in [6, 6.07) is 8.68. The van der Waals surface area contributed by atoms with E-state index in [9.17, 15) is 18.0 Å². The van der Waals surface area contributed by atoms with Crippen LogP contribution in [0.25, 0.3) is 0 Å². The minimum atomic E-state index is -3.86. The van der Waals surface area contributed by atoms with E-state index in [0.29, 0.717) is 28.3 Å². The number of nitrogens with zero attached hydrogens (tertiary/aromatic N) is 2. The molecule has 1 amide bonds. The lowest BCUT2D eigenvalue weighted by molar-refractivity contribution is -0.116. The summed E-state index contributed by atoms with van der Waals surface area (Å²) < 4.78 is 34.1. The van der Waals surface area contributed by atoms with Gasteiger partial charge in [0.05, 0.1) is 10.6 Å². The molecule has 9 nitrogen and oxygen atoms in total. The van der Waals surface area contributed by atoms with E-state index < -0.39 is 10.0 Å². The first-order valence-corrected chi connectivity index (χ1v) is 10.6. The number of hydrogen-bond acceptors (Lipinski definition) is 6. The Morgan fingerprint density at radius 3 is 2.20 bits per heavy atom. The van der Waals surface area contributed by atoms with Crippen LogP contribution in [-0.4, -0.2) is 24.0 Å². The highest BCUT2D eigenvalue weighted by Gasteiger charge is 2.19. The zero-order valence-corrected chi connectivity index (χ0v) is 17.8. The van der Waals surface area contributed by atoms with Crippen molar-refractivity contribution in [3.8, 4) is 0 Å². The third kappa shape index (κ3) is 4.60. The van der Waals surface area contributed by atoms with Gasteiger partial charge in [-0.15, -0.1) is 0 Å². The molecule has 0 aliphatic carbocycles. The quantitative estimate of drug-likeness (QED) is 0.619. The fourth-order valence-electron chi connectivity index (χ4n) is 2.89. The highest BCUT2D eigenvalue weighted by Crippen LogP contribution is 2.22.